The van der Waals surface area contributed by atoms with Crippen molar-refractivity contribution in [1.29, 1.82) is 0 Å². The van der Waals surface area contributed by atoms with Crippen molar-refractivity contribution in [1.82, 2.24) is 9.88 Å². The highest BCUT2D eigenvalue weighted by molar-refractivity contribution is 6.21. The van der Waals surface area contributed by atoms with Crippen molar-refractivity contribution in [2.75, 3.05) is 11.4 Å². The topological polar surface area (TPSA) is 90.8 Å². The summed E-state index contributed by atoms with van der Waals surface area (Å²) in [4.78, 5) is 47.2. The van der Waals surface area contributed by atoms with Crippen LogP contribution in [0.25, 0.3) is 0 Å². The van der Waals surface area contributed by atoms with Gasteiger partial charge in [-0.3, -0.25) is 24.3 Å². The van der Waals surface area contributed by atoms with Crippen molar-refractivity contribution in [3.63, 3.8) is 0 Å². The number of pyridine rings is 1. The quantitative estimate of drug-likeness (QED) is 0.540. The lowest BCUT2D eigenvalue weighted by atomic mass is 9.78. The van der Waals surface area contributed by atoms with Gasteiger partial charge in [0, 0.05) is 18.7 Å². The fourth-order valence-corrected chi connectivity index (χ4v) is 5.22. The molecule has 7 nitrogen and oxygen atoms in total. The standard InChI is InChI=1S/C28H27N3O4/c32-25-15-6-5-14-24(25)30(18-20-10-7-8-16-29-20)26(33)21-11-2-1-9-19(21)17-31-27(34)22-12-3-4-13-23(22)28(31)35/h3-8,10,12-16,19,21,32H,1-2,9,11,17-18H2. The molecular formula is C28H27N3O4. The summed E-state index contributed by atoms with van der Waals surface area (Å²) in [6.45, 7) is 0.425. The second-order valence-electron chi connectivity index (χ2n) is 9.15. The van der Waals surface area contributed by atoms with E-state index in [1.54, 1.807) is 59.6 Å². The number of amides is 3. The summed E-state index contributed by atoms with van der Waals surface area (Å²) < 4.78 is 0. The van der Waals surface area contributed by atoms with Crippen LogP contribution in [0.3, 0.4) is 0 Å². The van der Waals surface area contributed by atoms with Gasteiger partial charge in [0.2, 0.25) is 5.91 Å². The molecule has 1 fully saturated rings. The lowest BCUT2D eigenvalue weighted by Gasteiger charge is -2.36. The molecule has 7 heteroatoms. The minimum Gasteiger partial charge on any atom is -0.506 e. The molecule has 1 saturated carbocycles. The van der Waals surface area contributed by atoms with E-state index in [1.807, 2.05) is 18.2 Å². The minimum absolute atomic E-state index is 0.0180. The second kappa shape index (κ2) is 9.70. The first kappa shape index (κ1) is 22.8. The molecule has 0 saturated heterocycles. The third-order valence-electron chi connectivity index (χ3n) is 7.01. The highest BCUT2D eigenvalue weighted by Gasteiger charge is 2.41. The van der Waals surface area contributed by atoms with E-state index in [2.05, 4.69) is 4.98 Å². The van der Waals surface area contributed by atoms with Crippen molar-refractivity contribution in [3.05, 3.63) is 89.7 Å². The molecule has 2 atom stereocenters. The molecule has 0 radical (unpaired) electrons. The van der Waals surface area contributed by atoms with Crippen LogP contribution < -0.4 is 4.90 Å². The van der Waals surface area contributed by atoms with E-state index in [9.17, 15) is 19.5 Å². The van der Waals surface area contributed by atoms with Gasteiger partial charge >= 0.3 is 0 Å². The molecule has 1 N–H and O–H groups in total. The van der Waals surface area contributed by atoms with Gasteiger partial charge in [-0.15, -0.1) is 0 Å². The maximum Gasteiger partial charge on any atom is 0.261 e. The summed E-state index contributed by atoms with van der Waals surface area (Å²) in [7, 11) is 0. The number of aromatic nitrogens is 1. The van der Waals surface area contributed by atoms with Gasteiger partial charge in [-0.1, -0.05) is 43.2 Å². The molecule has 0 spiro atoms. The SMILES string of the molecule is O=C1c2ccccc2C(=O)N1CC1CCCCC1C(=O)N(Cc1ccccn1)c1ccccc1O. The molecule has 1 aromatic heterocycles. The van der Waals surface area contributed by atoms with Gasteiger partial charge in [0.25, 0.3) is 11.8 Å². The van der Waals surface area contributed by atoms with E-state index in [-0.39, 0.29) is 48.4 Å². The number of imide groups is 1. The van der Waals surface area contributed by atoms with Gasteiger partial charge in [0.1, 0.15) is 5.75 Å². The van der Waals surface area contributed by atoms with Gasteiger partial charge in [-0.05, 0) is 55.2 Å². The number of hydrogen-bond donors (Lipinski definition) is 1. The molecule has 2 aliphatic rings. The Hall–Kier alpha value is -4.00. The Morgan fingerprint density at radius 3 is 2.26 bits per heavy atom. The largest absolute Gasteiger partial charge is 0.506 e. The number of phenolic OH excluding ortho intramolecular Hbond substituents is 1. The zero-order chi connectivity index (χ0) is 24.4. The first-order valence-electron chi connectivity index (χ1n) is 12.0. The average molecular weight is 470 g/mol. The Kier molecular flexibility index (Phi) is 6.31. The number of benzene rings is 2. The van der Waals surface area contributed by atoms with Crippen LogP contribution in [-0.4, -0.2) is 39.3 Å². The molecular weight excluding hydrogens is 442 g/mol. The van der Waals surface area contributed by atoms with Crippen LogP contribution in [0.5, 0.6) is 5.75 Å². The van der Waals surface area contributed by atoms with Crippen molar-refractivity contribution >= 4 is 23.4 Å². The summed E-state index contributed by atoms with van der Waals surface area (Å²) in [5, 5.41) is 10.6. The first-order valence-corrected chi connectivity index (χ1v) is 12.0. The molecule has 3 amide bonds. The van der Waals surface area contributed by atoms with Crippen molar-refractivity contribution in [3.8, 4) is 5.75 Å². The van der Waals surface area contributed by atoms with Gasteiger partial charge in [-0.25, -0.2) is 0 Å². The average Bonchev–Trinajstić information content (AvgIpc) is 3.13. The van der Waals surface area contributed by atoms with E-state index >= 15 is 0 Å². The molecule has 2 aromatic carbocycles. The first-order chi connectivity index (χ1) is 17.0. The Morgan fingerprint density at radius 1 is 0.914 bits per heavy atom. The fraction of sp³-hybridized carbons (Fsp3) is 0.286. The number of carbonyl (C=O) groups is 3. The Balaban J connectivity index is 1.43. The van der Waals surface area contributed by atoms with Gasteiger partial charge in [0.15, 0.2) is 0 Å². The van der Waals surface area contributed by atoms with Crippen LogP contribution in [0.4, 0.5) is 5.69 Å². The van der Waals surface area contributed by atoms with Crippen molar-refractivity contribution in [2.24, 2.45) is 11.8 Å². The van der Waals surface area contributed by atoms with E-state index in [1.165, 1.54) is 4.90 Å². The van der Waals surface area contributed by atoms with Crippen molar-refractivity contribution in [2.45, 2.75) is 32.2 Å². The molecule has 2 unspecified atom stereocenters. The molecule has 35 heavy (non-hydrogen) atoms. The Bertz CT molecular complexity index is 1220. The van der Waals surface area contributed by atoms with Crippen LogP contribution in [-0.2, 0) is 11.3 Å². The third kappa shape index (κ3) is 4.41. The molecule has 0 bridgehead atoms. The number of nitrogens with zero attached hydrogens (tertiary/aromatic N) is 3. The molecule has 1 aliphatic heterocycles. The second-order valence-corrected chi connectivity index (χ2v) is 9.15. The summed E-state index contributed by atoms with van der Waals surface area (Å²) in [6.07, 6.45) is 4.93. The summed E-state index contributed by atoms with van der Waals surface area (Å²) >= 11 is 0. The number of aromatic hydroxyl groups is 1. The Morgan fingerprint density at radius 2 is 1.57 bits per heavy atom. The number of phenols is 1. The van der Waals surface area contributed by atoms with Gasteiger partial charge < -0.3 is 10.0 Å². The van der Waals surface area contributed by atoms with Crippen molar-refractivity contribution < 1.29 is 19.5 Å². The van der Waals surface area contributed by atoms with Gasteiger partial charge in [-0.2, -0.15) is 0 Å². The monoisotopic (exact) mass is 469 g/mol. The predicted molar refractivity (Wildman–Crippen MR) is 131 cm³/mol. The predicted octanol–water partition coefficient (Wildman–Crippen LogP) is 4.42. The number of rotatable bonds is 6. The Labute approximate surface area is 204 Å². The minimum atomic E-state index is -0.378. The van der Waals surface area contributed by atoms with E-state index in [0.717, 1.165) is 19.3 Å². The maximum absolute atomic E-state index is 14.0. The number of anilines is 1. The summed E-state index contributed by atoms with van der Waals surface area (Å²) in [6, 6.07) is 19.2. The van der Waals surface area contributed by atoms with Crippen LogP contribution in [0.2, 0.25) is 0 Å². The lowest BCUT2D eigenvalue weighted by molar-refractivity contribution is -0.125. The molecule has 5 rings (SSSR count). The third-order valence-corrected chi connectivity index (χ3v) is 7.01. The van der Waals surface area contributed by atoms with E-state index < -0.39 is 0 Å². The van der Waals surface area contributed by atoms with Gasteiger partial charge in [0.05, 0.1) is 29.1 Å². The number of para-hydroxylation sites is 2. The lowest BCUT2D eigenvalue weighted by Crippen LogP contribution is -2.45. The highest BCUT2D eigenvalue weighted by Crippen LogP contribution is 2.37. The number of fused-ring (bicyclic) bond motifs is 1. The molecule has 1 aliphatic carbocycles. The van der Waals surface area contributed by atoms with Crippen LogP contribution in [0, 0.1) is 11.8 Å². The van der Waals surface area contributed by atoms with E-state index in [0.29, 0.717) is 28.9 Å². The zero-order valence-corrected chi connectivity index (χ0v) is 19.3. The summed E-state index contributed by atoms with van der Waals surface area (Å²) in [5.41, 5.74) is 1.97. The fourth-order valence-electron chi connectivity index (χ4n) is 5.22. The number of carbonyl (C=O) groups excluding carboxylic acids is 3. The highest BCUT2D eigenvalue weighted by atomic mass is 16.3. The summed E-state index contributed by atoms with van der Waals surface area (Å²) in [5.74, 6) is -1.24. The maximum atomic E-state index is 14.0. The van der Waals surface area contributed by atoms with Crippen LogP contribution in [0.15, 0.2) is 72.9 Å². The molecule has 2 heterocycles. The van der Waals surface area contributed by atoms with Crippen LogP contribution in [0.1, 0.15) is 52.1 Å². The number of hydrogen-bond acceptors (Lipinski definition) is 5. The normalized spacial score (nSPS) is 19.5. The zero-order valence-electron chi connectivity index (χ0n) is 19.3. The molecule has 3 aromatic rings. The smallest absolute Gasteiger partial charge is 0.261 e. The van der Waals surface area contributed by atoms with Crippen LogP contribution >= 0.6 is 0 Å². The molecule has 178 valence electrons. The van der Waals surface area contributed by atoms with E-state index in [4.69, 9.17) is 0 Å².